The second kappa shape index (κ2) is 6.49. The van der Waals surface area contributed by atoms with Crippen LogP contribution in [0.2, 0.25) is 0 Å². The fourth-order valence-corrected chi connectivity index (χ4v) is 2.06. The Hall–Kier alpha value is -2.22. The molecule has 0 amide bonds. The van der Waals surface area contributed by atoms with Crippen LogP contribution in [-0.4, -0.2) is 16.5 Å². The van der Waals surface area contributed by atoms with Crippen LogP contribution in [0.15, 0.2) is 34.8 Å². The van der Waals surface area contributed by atoms with Gasteiger partial charge in [0, 0.05) is 12.2 Å². The summed E-state index contributed by atoms with van der Waals surface area (Å²) in [4.78, 5) is 14.7. The van der Waals surface area contributed by atoms with Gasteiger partial charge in [-0.25, -0.2) is 9.37 Å². The van der Waals surface area contributed by atoms with Crippen molar-refractivity contribution in [2.45, 2.75) is 6.92 Å². The Labute approximate surface area is 128 Å². The molecule has 2 aromatic rings. The average Bonchev–Trinajstić information content (AvgIpc) is 2.43. The molecule has 110 valence electrons. The predicted octanol–water partition coefficient (Wildman–Crippen LogP) is 4.07. The fraction of sp³-hybridized carbons (Fsp3) is 0.154. The van der Waals surface area contributed by atoms with Gasteiger partial charge in [-0.3, -0.25) is 10.1 Å². The lowest BCUT2D eigenvalue weighted by Gasteiger charge is -2.09. The van der Waals surface area contributed by atoms with E-state index in [2.05, 4.69) is 31.5 Å². The summed E-state index contributed by atoms with van der Waals surface area (Å²) in [5.41, 5.74) is 0.489. The lowest BCUT2D eigenvalue weighted by atomic mass is 10.3. The molecule has 2 N–H and O–H groups in total. The lowest BCUT2D eigenvalue weighted by Crippen LogP contribution is -2.03. The van der Waals surface area contributed by atoms with Gasteiger partial charge in [-0.1, -0.05) is 0 Å². The molecular formula is C13H12BrFN4O2. The van der Waals surface area contributed by atoms with Crippen LogP contribution in [0.3, 0.4) is 0 Å². The Balaban J connectivity index is 2.33. The van der Waals surface area contributed by atoms with E-state index in [9.17, 15) is 14.5 Å². The Morgan fingerprint density at radius 3 is 2.67 bits per heavy atom. The second-order valence-corrected chi connectivity index (χ2v) is 4.99. The van der Waals surface area contributed by atoms with E-state index in [0.29, 0.717) is 28.3 Å². The minimum atomic E-state index is -0.492. The molecule has 1 heterocycles. The standard InChI is InChI=1S/C13H12BrFN4O2/c1-2-16-12-6-9(19(20)21)7-13(18-12)17-8-3-4-11(15)10(14)5-8/h3-7H,2H2,1H3,(H2,16,17,18). The first-order valence-corrected chi connectivity index (χ1v) is 6.91. The summed E-state index contributed by atoms with van der Waals surface area (Å²) >= 11 is 3.08. The van der Waals surface area contributed by atoms with Crippen molar-refractivity contribution >= 4 is 38.9 Å². The number of anilines is 3. The minimum Gasteiger partial charge on any atom is -0.370 e. The monoisotopic (exact) mass is 354 g/mol. The maximum absolute atomic E-state index is 13.2. The van der Waals surface area contributed by atoms with E-state index in [1.807, 2.05) is 6.92 Å². The number of pyridine rings is 1. The van der Waals surface area contributed by atoms with E-state index < -0.39 is 4.92 Å². The summed E-state index contributed by atoms with van der Waals surface area (Å²) < 4.78 is 13.5. The maximum atomic E-state index is 13.2. The highest BCUT2D eigenvalue weighted by Crippen LogP contribution is 2.26. The summed E-state index contributed by atoms with van der Waals surface area (Å²) in [7, 11) is 0. The highest BCUT2D eigenvalue weighted by molar-refractivity contribution is 9.10. The molecule has 1 aromatic carbocycles. The van der Waals surface area contributed by atoms with Crippen LogP contribution in [0.1, 0.15) is 6.92 Å². The van der Waals surface area contributed by atoms with E-state index in [0.717, 1.165) is 0 Å². The fourth-order valence-electron chi connectivity index (χ4n) is 1.68. The lowest BCUT2D eigenvalue weighted by molar-refractivity contribution is -0.384. The molecule has 0 saturated carbocycles. The zero-order chi connectivity index (χ0) is 15.4. The van der Waals surface area contributed by atoms with Gasteiger partial charge >= 0.3 is 0 Å². The predicted molar refractivity (Wildman–Crippen MR) is 82.4 cm³/mol. The van der Waals surface area contributed by atoms with Crippen molar-refractivity contribution in [3.05, 3.63) is 50.7 Å². The van der Waals surface area contributed by atoms with Crippen molar-refractivity contribution < 1.29 is 9.31 Å². The van der Waals surface area contributed by atoms with Gasteiger partial charge in [-0.15, -0.1) is 0 Å². The summed E-state index contributed by atoms with van der Waals surface area (Å²) in [5, 5.41) is 16.8. The van der Waals surface area contributed by atoms with E-state index in [1.165, 1.54) is 30.3 Å². The molecule has 0 saturated heterocycles. The molecule has 21 heavy (non-hydrogen) atoms. The van der Waals surface area contributed by atoms with E-state index in [4.69, 9.17) is 0 Å². The molecule has 0 atom stereocenters. The maximum Gasteiger partial charge on any atom is 0.276 e. The number of rotatable bonds is 5. The molecule has 0 aliphatic heterocycles. The van der Waals surface area contributed by atoms with E-state index in [-0.39, 0.29) is 11.5 Å². The van der Waals surface area contributed by atoms with Crippen LogP contribution in [0.5, 0.6) is 0 Å². The Kier molecular flexibility index (Phi) is 4.69. The average molecular weight is 355 g/mol. The molecule has 0 radical (unpaired) electrons. The van der Waals surface area contributed by atoms with Crippen LogP contribution in [-0.2, 0) is 0 Å². The molecule has 1 aromatic heterocycles. The van der Waals surface area contributed by atoms with Gasteiger partial charge in [-0.2, -0.15) is 0 Å². The quantitative estimate of drug-likeness (QED) is 0.624. The highest BCUT2D eigenvalue weighted by Gasteiger charge is 2.11. The molecule has 0 spiro atoms. The van der Waals surface area contributed by atoms with Gasteiger partial charge in [0.25, 0.3) is 5.69 Å². The SMILES string of the molecule is CCNc1cc([N+](=O)[O-])cc(Nc2ccc(F)c(Br)c2)n1. The largest absolute Gasteiger partial charge is 0.370 e. The molecule has 6 nitrogen and oxygen atoms in total. The molecular weight excluding hydrogens is 343 g/mol. The second-order valence-electron chi connectivity index (χ2n) is 4.14. The molecule has 0 unspecified atom stereocenters. The third-order valence-electron chi connectivity index (χ3n) is 2.57. The van der Waals surface area contributed by atoms with Gasteiger partial charge in [0.05, 0.1) is 21.5 Å². The Morgan fingerprint density at radius 1 is 1.33 bits per heavy atom. The molecule has 8 heteroatoms. The van der Waals surface area contributed by atoms with Crippen LogP contribution >= 0.6 is 15.9 Å². The first-order chi connectivity index (χ1) is 9.99. The summed E-state index contributed by atoms with van der Waals surface area (Å²) in [6, 6.07) is 7.01. The number of hydrogen-bond donors (Lipinski definition) is 2. The van der Waals surface area contributed by atoms with Crippen LogP contribution in [0, 0.1) is 15.9 Å². The van der Waals surface area contributed by atoms with Crippen LogP contribution < -0.4 is 10.6 Å². The van der Waals surface area contributed by atoms with Crippen LogP contribution in [0.4, 0.5) is 27.4 Å². The van der Waals surface area contributed by atoms with Crippen LogP contribution in [0.25, 0.3) is 0 Å². The van der Waals surface area contributed by atoms with Crippen molar-refractivity contribution in [2.24, 2.45) is 0 Å². The number of nitrogens with zero attached hydrogens (tertiary/aromatic N) is 2. The van der Waals surface area contributed by atoms with Gasteiger partial charge in [0.15, 0.2) is 0 Å². The normalized spacial score (nSPS) is 10.2. The molecule has 0 bridgehead atoms. The summed E-state index contributed by atoms with van der Waals surface area (Å²) in [6.07, 6.45) is 0. The molecule has 0 aliphatic rings. The number of benzene rings is 1. The molecule has 0 fully saturated rings. The Morgan fingerprint density at radius 2 is 2.05 bits per heavy atom. The Bertz CT molecular complexity index is 681. The summed E-state index contributed by atoms with van der Waals surface area (Å²) in [5.74, 6) is 0.315. The van der Waals surface area contributed by atoms with Gasteiger partial charge in [-0.05, 0) is 41.1 Å². The highest BCUT2D eigenvalue weighted by atomic mass is 79.9. The van der Waals surface area contributed by atoms with Crippen molar-refractivity contribution in [3.63, 3.8) is 0 Å². The number of nitro groups is 1. The number of halogens is 2. The van der Waals surface area contributed by atoms with Gasteiger partial charge < -0.3 is 10.6 Å². The third kappa shape index (κ3) is 3.88. The van der Waals surface area contributed by atoms with Crippen molar-refractivity contribution in [3.8, 4) is 0 Å². The minimum absolute atomic E-state index is 0.0790. The first kappa shape index (κ1) is 15.2. The zero-order valence-electron chi connectivity index (χ0n) is 11.1. The van der Waals surface area contributed by atoms with Crippen molar-refractivity contribution in [1.29, 1.82) is 0 Å². The van der Waals surface area contributed by atoms with E-state index >= 15 is 0 Å². The molecule has 2 rings (SSSR count). The third-order valence-corrected chi connectivity index (χ3v) is 3.18. The number of nitrogens with one attached hydrogen (secondary N) is 2. The number of hydrogen-bond acceptors (Lipinski definition) is 5. The smallest absolute Gasteiger partial charge is 0.276 e. The summed E-state index contributed by atoms with van der Waals surface area (Å²) in [6.45, 7) is 2.46. The first-order valence-electron chi connectivity index (χ1n) is 6.12. The van der Waals surface area contributed by atoms with Gasteiger partial charge in [0.2, 0.25) is 0 Å². The number of aromatic nitrogens is 1. The van der Waals surface area contributed by atoms with E-state index in [1.54, 1.807) is 0 Å². The van der Waals surface area contributed by atoms with Crippen molar-refractivity contribution in [1.82, 2.24) is 4.98 Å². The topological polar surface area (TPSA) is 80.1 Å². The van der Waals surface area contributed by atoms with Crippen molar-refractivity contribution in [2.75, 3.05) is 17.2 Å². The molecule has 0 aliphatic carbocycles. The van der Waals surface area contributed by atoms with Gasteiger partial charge in [0.1, 0.15) is 17.5 Å². The zero-order valence-corrected chi connectivity index (χ0v) is 12.6.